The molecule has 0 bridgehead atoms. The number of carbonyl (C=O) groups is 3. The van der Waals surface area contributed by atoms with Crippen molar-refractivity contribution in [3.05, 3.63) is 29.8 Å². The Bertz CT molecular complexity index is 725. The zero-order valence-electron chi connectivity index (χ0n) is 15.6. The quantitative estimate of drug-likeness (QED) is 0.752. The van der Waals surface area contributed by atoms with E-state index in [1.54, 1.807) is 7.11 Å². The van der Waals surface area contributed by atoms with Gasteiger partial charge in [0.05, 0.1) is 7.11 Å². The number of fused-ring (bicyclic) bond motifs is 1. The molecule has 0 N–H and O–H groups in total. The van der Waals surface area contributed by atoms with Crippen LogP contribution in [0.3, 0.4) is 0 Å². The molecule has 1 aromatic rings. The average molecular weight is 358 g/mol. The number of methoxy groups -OCH3 is 1. The Morgan fingerprint density at radius 1 is 1.31 bits per heavy atom. The number of benzene rings is 1. The maximum Gasteiger partial charge on any atom is 0.303 e. The maximum absolute atomic E-state index is 12.7. The van der Waals surface area contributed by atoms with E-state index in [1.807, 2.05) is 31.2 Å². The van der Waals surface area contributed by atoms with Crippen LogP contribution in [0.25, 0.3) is 0 Å². The summed E-state index contributed by atoms with van der Waals surface area (Å²) in [6, 6.07) is 7.38. The first kappa shape index (κ1) is 18.6. The van der Waals surface area contributed by atoms with Crippen molar-refractivity contribution < 1.29 is 23.9 Å². The van der Waals surface area contributed by atoms with E-state index in [2.05, 4.69) is 0 Å². The molecule has 3 rings (SSSR count). The molecular weight excluding hydrogens is 332 g/mol. The summed E-state index contributed by atoms with van der Waals surface area (Å²) in [5, 5.41) is 0. The lowest BCUT2D eigenvalue weighted by Gasteiger charge is -2.40. The molecule has 4 atom stereocenters. The summed E-state index contributed by atoms with van der Waals surface area (Å²) in [5.41, 5.74) is 0.400. The SMILES string of the molecule is COc1cccc(C(CC2C(=O)CCC3(C)C(=O)CCC23)OC(C)=O)c1. The van der Waals surface area contributed by atoms with Gasteiger partial charge in [-0.3, -0.25) is 14.4 Å². The Kier molecular flexibility index (Phi) is 5.17. The van der Waals surface area contributed by atoms with Gasteiger partial charge in [-0.15, -0.1) is 0 Å². The zero-order chi connectivity index (χ0) is 18.9. The van der Waals surface area contributed by atoms with Gasteiger partial charge in [0.1, 0.15) is 23.4 Å². The first-order valence-electron chi connectivity index (χ1n) is 9.22. The normalized spacial score (nSPS) is 29.2. The van der Waals surface area contributed by atoms with Crippen LogP contribution in [0.4, 0.5) is 0 Å². The zero-order valence-corrected chi connectivity index (χ0v) is 15.6. The second kappa shape index (κ2) is 7.22. The number of hydrogen-bond acceptors (Lipinski definition) is 5. The van der Waals surface area contributed by atoms with E-state index in [0.717, 1.165) is 12.0 Å². The molecular formula is C21H26O5. The third-order valence-electron chi connectivity index (χ3n) is 6.17. The largest absolute Gasteiger partial charge is 0.497 e. The second-order valence-electron chi connectivity index (χ2n) is 7.67. The number of carbonyl (C=O) groups excluding carboxylic acids is 3. The van der Waals surface area contributed by atoms with Gasteiger partial charge in [-0.25, -0.2) is 0 Å². The maximum atomic E-state index is 12.7. The van der Waals surface area contributed by atoms with Crippen LogP contribution in [0.2, 0.25) is 0 Å². The van der Waals surface area contributed by atoms with Gasteiger partial charge in [-0.2, -0.15) is 0 Å². The number of hydrogen-bond donors (Lipinski definition) is 0. The molecule has 5 heteroatoms. The van der Waals surface area contributed by atoms with Crippen LogP contribution in [0.5, 0.6) is 5.75 Å². The number of ether oxygens (including phenoxy) is 2. The molecule has 0 spiro atoms. The Balaban J connectivity index is 1.89. The van der Waals surface area contributed by atoms with E-state index in [1.165, 1.54) is 6.92 Å². The Morgan fingerprint density at radius 2 is 2.08 bits per heavy atom. The minimum Gasteiger partial charge on any atom is -0.497 e. The van der Waals surface area contributed by atoms with Crippen molar-refractivity contribution in [1.82, 2.24) is 0 Å². The fourth-order valence-corrected chi connectivity index (χ4v) is 4.68. The van der Waals surface area contributed by atoms with Crippen molar-refractivity contribution in [2.75, 3.05) is 7.11 Å². The topological polar surface area (TPSA) is 69.7 Å². The summed E-state index contributed by atoms with van der Waals surface area (Å²) in [6.45, 7) is 3.37. The van der Waals surface area contributed by atoms with E-state index in [-0.39, 0.29) is 29.4 Å². The smallest absolute Gasteiger partial charge is 0.303 e. The second-order valence-corrected chi connectivity index (χ2v) is 7.67. The van der Waals surface area contributed by atoms with Gasteiger partial charge in [-0.1, -0.05) is 19.1 Å². The molecule has 0 radical (unpaired) electrons. The number of ketones is 2. The molecule has 0 aliphatic heterocycles. The molecule has 2 aliphatic carbocycles. The molecule has 2 saturated carbocycles. The fourth-order valence-electron chi connectivity index (χ4n) is 4.68. The molecule has 0 aromatic heterocycles. The van der Waals surface area contributed by atoms with Crippen molar-refractivity contribution in [1.29, 1.82) is 0 Å². The monoisotopic (exact) mass is 358 g/mol. The Labute approximate surface area is 154 Å². The number of rotatable bonds is 5. The summed E-state index contributed by atoms with van der Waals surface area (Å²) in [7, 11) is 1.58. The lowest BCUT2D eigenvalue weighted by molar-refractivity contribution is -0.151. The van der Waals surface area contributed by atoms with E-state index < -0.39 is 11.5 Å². The standard InChI is InChI=1S/C21H26O5/c1-13(22)26-19(14-5-4-6-15(11-14)25-3)12-16-17-7-8-20(24)21(17,2)10-9-18(16)23/h4-6,11,16-17,19H,7-10,12H2,1-3H3. The summed E-state index contributed by atoms with van der Waals surface area (Å²) in [6.07, 6.45) is 2.25. The van der Waals surface area contributed by atoms with E-state index in [4.69, 9.17) is 9.47 Å². The molecule has 0 amide bonds. The van der Waals surface area contributed by atoms with Crippen LogP contribution in [-0.2, 0) is 19.1 Å². The predicted molar refractivity (Wildman–Crippen MR) is 95.7 cm³/mol. The van der Waals surface area contributed by atoms with Gasteiger partial charge in [0.2, 0.25) is 0 Å². The average Bonchev–Trinajstić information content (AvgIpc) is 2.92. The molecule has 1 aromatic carbocycles. The van der Waals surface area contributed by atoms with Gasteiger partial charge in [0, 0.05) is 31.1 Å². The predicted octanol–water partition coefficient (Wildman–Crippen LogP) is 3.65. The van der Waals surface area contributed by atoms with Crippen LogP contribution >= 0.6 is 0 Å². The lowest BCUT2D eigenvalue weighted by atomic mass is 9.62. The van der Waals surface area contributed by atoms with Crippen molar-refractivity contribution in [3.63, 3.8) is 0 Å². The molecule has 2 aliphatic rings. The first-order chi connectivity index (χ1) is 12.3. The van der Waals surface area contributed by atoms with Gasteiger partial charge < -0.3 is 9.47 Å². The molecule has 0 heterocycles. The van der Waals surface area contributed by atoms with Crippen LogP contribution in [0.15, 0.2) is 24.3 Å². The van der Waals surface area contributed by atoms with Gasteiger partial charge in [0.15, 0.2) is 0 Å². The molecule has 0 saturated heterocycles. The van der Waals surface area contributed by atoms with Crippen LogP contribution in [-0.4, -0.2) is 24.6 Å². The highest BCUT2D eigenvalue weighted by atomic mass is 16.5. The van der Waals surface area contributed by atoms with Crippen LogP contribution in [0.1, 0.15) is 57.6 Å². The molecule has 140 valence electrons. The van der Waals surface area contributed by atoms with Gasteiger partial charge in [0.25, 0.3) is 0 Å². The van der Waals surface area contributed by atoms with Gasteiger partial charge in [-0.05, 0) is 42.9 Å². The fraction of sp³-hybridized carbons (Fsp3) is 0.571. The van der Waals surface area contributed by atoms with Crippen molar-refractivity contribution in [2.45, 2.75) is 52.1 Å². The van der Waals surface area contributed by atoms with Crippen molar-refractivity contribution in [2.24, 2.45) is 17.3 Å². The Hall–Kier alpha value is -2.17. The summed E-state index contributed by atoms with van der Waals surface area (Å²) in [4.78, 5) is 36.7. The minimum absolute atomic E-state index is 0.0416. The molecule has 2 fully saturated rings. The van der Waals surface area contributed by atoms with Crippen molar-refractivity contribution >= 4 is 17.5 Å². The van der Waals surface area contributed by atoms with Crippen LogP contribution in [0, 0.1) is 17.3 Å². The molecule has 26 heavy (non-hydrogen) atoms. The minimum atomic E-state index is -0.519. The summed E-state index contributed by atoms with van der Waals surface area (Å²) < 4.78 is 10.8. The summed E-state index contributed by atoms with van der Waals surface area (Å²) in [5.74, 6) is 0.533. The molecule has 4 unspecified atom stereocenters. The third-order valence-corrected chi connectivity index (χ3v) is 6.17. The first-order valence-corrected chi connectivity index (χ1v) is 9.22. The van der Waals surface area contributed by atoms with Crippen LogP contribution < -0.4 is 4.74 Å². The number of Topliss-reactive ketones (excluding diaryl/α,β-unsaturated/α-hetero) is 2. The summed E-state index contributed by atoms with van der Waals surface area (Å²) >= 11 is 0. The highest BCUT2D eigenvalue weighted by Crippen LogP contribution is 2.53. The van der Waals surface area contributed by atoms with Gasteiger partial charge >= 0.3 is 5.97 Å². The Morgan fingerprint density at radius 3 is 2.77 bits per heavy atom. The van der Waals surface area contributed by atoms with E-state index in [0.29, 0.717) is 31.4 Å². The third kappa shape index (κ3) is 3.39. The van der Waals surface area contributed by atoms with E-state index in [9.17, 15) is 14.4 Å². The molecule has 5 nitrogen and oxygen atoms in total. The van der Waals surface area contributed by atoms with Crippen molar-refractivity contribution in [3.8, 4) is 5.75 Å². The van der Waals surface area contributed by atoms with E-state index >= 15 is 0 Å². The lowest BCUT2D eigenvalue weighted by Crippen LogP contribution is -2.42. The number of esters is 1. The highest BCUT2D eigenvalue weighted by molar-refractivity contribution is 5.92. The highest BCUT2D eigenvalue weighted by Gasteiger charge is 2.53.